The number of rotatable bonds is 5. The van der Waals surface area contributed by atoms with Gasteiger partial charge in [-0.1, -0.05) is 0 Å². The van der Waals surface area contributed by atoms with Gasteiger partial charge in [-0.25, -0.2) is 0 Å². The number of hydrogen-bond acceptors (Lipinski definition) is 3. The molecule has 0 aromatic rings. The van der Waals surface area contributed by atoms with E-state index < -0.39 is 0 Å². The monoisotopic (exact) mass is 236 g/mol. The highest BCUT2D eigenvalue weighted by molar-refractivity contribution is 5.85. The summed E-state index contributed by atoms with van der Waals surface area (Å²) >= 11 is 0. The van der Waals surface area contributed by atoms with E-state index in [1.54, 1.807) is 0 Å². The predicted molar refractivity (Wildman–Crippen MR) is 62.4 cm³/mol. The van der Waals surface area contributed by atoms with Crippen molar-refractivity contribution < 1.29 is 9.53 Å². The average Bonchev–Trinajstić information content (AvgIpc) is 2.25. The molecule has 15 heavy (non-hydrogen) atoms. The van der Waals surface area contributed by atoms with Crippen molar-refractivity contribution in [1.82, 2.24) is 10.6 Å². The van der Waals surface area contributed by atoms with Crippen LogP contribution in [0.2, 0.25) is 0 Å². The van der Waals surface area contributed by atoms with Crippen molar-refractivity contribution in [3.8, 4) is 0 Å². The van der Waals surface area contributed by atoms with Crippen molar-refractivity contribution in [1.29, 1.82) is 0 Å². The van der Waals surface area contributed by atoms with Crippen molar-refractivity contribution in [2.75, 3.05) is 26.7 Å². The van der Waals surface area contributed by atoms with Crippen molar-refractivity contribution in [3.05, 3.63) is 0 Å². The molecule has 1 aliphatic rings. The molecule has 1 rings (SSSR count). The molecule has 0 bridgehead atoms. The summed E-state index contributed by atoms with van der Waals surface area (Å²) in [7, 11) is 1.84. The van der Waals surface area contributed by atoms with Crippen LogP contribution in [0.1, 0.15) is 25.7 Å². The van der Waals surface area contributed by atoms with Crippen LogP contribution in [0.5, 0.6) is 0 Å². The molecule has 1 saturated heterocycles. The number of amides is 1. The van der Waals surface area contributed by atoms with Crippen LogP contribution in [0.4, 0.5) is 0 Å². The summed E-state index contributed by atoms with van der Waals surface area (Å²) in [5.74, 6) is 0.105. The van der Waals surface area contributed by atoms with Crippen molar-refractivity contribution in [3.63, 3.8) is 0 Å². The van der Waals surface area contributed by atoms with E-state index in [4.69, 9.17) is 4.74 Å². The molecule has 90 valence electrons. The van der Waals surface area contributed by atoms with Gasteiger partial charge in [0.05, 0.1) is 6.10 Å². The summed E-state index contributed by atoms with van der Waals surface area (Å²) in [4.78, 5) is 11.2. The lowest BCUT2D eigenvalue weighted by Crippen LogP contribution is -2.36. The second-order valence-electron chi connectivity index (χ2n) is 3.65. The Kier molecular flexibility index (Phi) is 8.76. The van der Waals surface area contributed by atoms with E-state index in [0.29, 0.717) is 13.0 Å². The molecule has 1 aliphatic heterocycles. The lowest BCUT2D eigenvalue weighted by Gasteiger charge is -2.22. The van der Waals surface area contributed by atoms with E-state index in [-0.39, 0.29) is 24.4 Å². The highest BCUT2D eigenvalue weighted by Crippen LogP contribution is 2.11. The van der Waals surface area contributed by atoms with E-state index in [2.05, 4.69) is 10.6 Å². The molecule has 5 heteroatoms. The SMILES string of the molecule is CNCCC(=O)NCC1CCCCO1.Cl. The zero-order valence-corrected chi connectivity index (χ0v) is 10.1. The van der Waals surface area contributed by atoms with E-state index >= 15 is 0 Å². The maximum Gasteiger partial charge on any atom is 0.221 e. The summed E-state index contributed by atoms with van der Waals surface area (Å²) in [5.41, 5.74) is 0. The minimum atomic E-state index is 0. The average molecular weight is 237 g/mol. The van der Waals surface area contributed by atoms with Gasteiger partial charge in [0.15, 0.2) is 0 Å². The first kappa shape index (κ1) is 14.7. The Hall–Kier alpha value is -0.320. The fourth-order valence-corrected chi connectivity index (χ4v) is 1.52. The quantitative estimate of drug-likeness (QED) is 0.739. The molecule has 2 N–H and O–H groups in total. The first-order valence-electron chi connectivity index (χ1n) is 5.36. The first-order valence-corrected chi connectivity index (χ1v) is 5.36. The molecule has 4 nitrogen and oxygen atoms in total. The molecule has 1 heterocycles. The Bertz CT molecular complexity index is 173. The van der Waals surface area contributed by atoms with Crippen molar-refractivity contribution in [2.24, 2.45) is 0 Å². The Morgan fingerprint density at radius 2 is 2.27 bits per heavy atom. The fraction of sp³-hybridized carbons (Fsp3) is 0.900. The molecule has 0 radical (unpaired) electrons. The van der Waals surface area contributed by atoms with Crippen molar-refractivity contribution >= 4 is 18.3 Å². The maximum absolute atomic E-state index is 11.2. The molecule has 0 saturated carbocycles. The van der Waals surface area contributed by atoms with Crippen LogP contribution < -0.4 is 10.6 Å². The minimum absolute atomic E-state index is 0. The van der Waals surface area contributed by atoms with Crippen molar-refractivity contribution in [2.45, 2.75) is 31.8 Å². The summed E-state index contributed by atoms with van der Waals surface area (Å²) in [6, 6.07) is 0. The summed E-state index contributed by atoms with van der Waals surface area (Å²) < 4.78 is 5.50. The molecule has 1 atom stereocenters. The van der Waals surface area contributed by atoms with Gasteiger partial charge in [0.1, 0.15) is 0 Å². The Morgan fingerprint density at radius 3 is 2.87 bits per heavy atom. The summed E-state index contributed by atoms with van der Waals surface area (Å²) in [6.45, 7) is 2.25. The van der Waals surface area contributed by atoms with Gasteiger partial charge in [0.2, 0.25) is 5.91 Å². The molecule has 1 amide bonds. The fourth-order valence-electron chi connectivity index (χ4n) is 1.52. The molecule has 0 spiro atoms. The van der Waals surface area contributed by atoms with E-state index in [0.717, 1.165) is 26.0 Å². The summed E-state index contributed by atoms with van der Waals surface area (Å²) in [6.07, 6.45) is 4.24. The minimum Gasteiger partial charge on any atom is -0.376 e. The summed E-state index contributed by atoms with van der Waals surface area (Å²) in [5, 5.41) is 5.83. The Balaban J connectivity index is 0.00000196. The highest BCUT2D eigenvalue weighted by atomic mass is 35.5. The van der Waals surface area contributed by atoms with Gasteiger partial charge in [-0.05, 0) is 26.3 Å². The molecule has 0 aliphatic carbocycles. The Labute approximate surface area is 97.5 Å². The normalized spacial score (nSPS) is 20.5. The van der Waals surface area contributed by atoms with Crippen LogP contribution in [0.3, 0.4) is 0 Å². The zero-order chi connectivity index (χ0) is 10.2. The molecule has 0 aromatic carbocycles. The smallest absolute Gasteiger partial charge is 0.221 e. The van der Waals surface area contributed by atoms with E-state index in [1.807, 2.05) is 7.05 Å². The third-order valence-corrected chi connectivity index (χ3v) is 2.40. The highest BCUT2D eigenvalue weighted by Gasteiger charge is 2.14. The van der Waals surface area contributed by atoms with Gasteiger partial charge in [0.25, 0.3) is 0 Å². The lowest BCUT2D eigenvalue weighted by molar-refractivity contribution is -0.121. The number of hydrogen-bond donors (Lipinski definition) is 2. The van der Waals surface area contributed by atoms with Crippen LogP contribution in [0.15, 0.2) is 0 Å². The van der Waals surface area contributed by atoms with Gasteiger partial charge in [-0.3, -0.25) is 4.79 Å². The molecular formula is C10H21ClN2O2. The van der Waals surface area contributed by atoms with Gasteiger partial charge < -0.3 is 15.4 Å². The molecule has 1 fully saturated rings. The largest absolute Gasteiger partial charge is 0.376 e. The van der Waals surface area contributed by atoms with Gasteiger partial charge in [-0.15, -0.1) is 12.4 Å². The molecule has 1 unspecified atom stereocenters. The van der Waals surface area contributed by atoms with Crippen LogP contribution in [-0.4, -0.2) is 38.8 Å². The topological polar surface area (TPSA) is 50.4 Å². The van der Waals surface area contributed by atoms with Crippen LogP contribution in [-0.2, 0) is 9.53 Å². The second-order valence-corrected chi connectivity index (χ2v) is 3.65. The van der Waals surface area contributed by atoms with Crippen LogP contribution in [0.25, 0.3) is 0 Å². The molecule has 0 aromatic heterocycles. The molecular weight excluding hydrogens is 216 g/mol. The number of nitrogens with one attached hydrogen (secondary N) is 2. The zero-order valence-electron chi connectivity index (χ0n) is 9.25. The number of carbonyl (C=O) groups is 1. The first-order chi connectivity index (χ1) is 6.83. The van der Waals surface area contributed by atoms with Gasteiger partial charge >= 0.3 is 0 Å². The number of carbonyl (C=O) groups excluding carboxylic acids is 1. The number of ether oxygens (including phenoxy) is 1. The van der Waals surface area contributed by atoms with Crippen LogP contribution >= 0.6 is 12.4 Å². The van der Waals surface area contributed by atoms with E-state index in [9.17, 15) is 4.79 Å². The third kappa shape index (κ3) is 6.71. The van der Waals surface area contributed by atoms with E-state index in [1.165, 1.54) is 6.42 Å². The predicted octanol–water partition coefficient (Wildman–Crippen LogP) is 0.703. The maximum atomic E-state index is 11.2. The standard InChI is InChI=1S/C10H20N2O2.ClH/c1-11-6-5-10(13)12-8-9-4-2-3-7-14-9;/h9,11H,2-8H2,1H3,(H,12,13);1H. The third-order valence-electron chi connectivity index (χ3n) is 2.40. The Morgan fingerprint density at radius 1 is 1.47 bits per heavy atom. The van der Waals surface area contributed by atoms with Crippen LogP contribution in [0, 0.1) is 0 Å². The lowest BCUT2D eigenvalue weighted by atomic mass is 10.1. The van der Waals surface area contributed by atoms with Gasteiger partial charge in [0, 0.05) is 26.1 Å². The number of halogens is 1. The van der Waals surface area contributed by atoms with Gasteiger partial charge in [-0.2, -0.15) is 0 Å². The second kappa shape index (κ2) is 8.95.